The lowest BCUT2D eigenvalue weighted by Crippen LogP contribution is -2.38. The lowest BCUT2D eigenvalue weighted by Gasteiger charge is -2.17. The van der Waals surface area contributed by atoms with E-state index >= 15 is 0 Å². The van der Waals surface area contributed by atoms with E-state index in [0.717, 1.165) is 4.90 Å². The van der Waals surface area contributed by atoms with Crippen LogP contribution < -0.4 is 0 Å². The van der Waals surface area contributed by atoms with E-state index in [-0.39, 0.29) is 24.7 Å². The summed E-state index contributed by atoms with van der Waals surface area (Å²) >= 11 is 0. The first-order valence-corrected chi connectivity index (χ1v) is 3.96. The molecule has 13 heavy (non-hydrogen) atoms. The Hall–Kier alpha value is -1.39. The Bertz CT molecular complexity index is 208. The van der Waals surface area contributed by atoms with Gasteiger partial charge >= 0.3 is 5.97 Å². The van der Waals surface area contributed by atoms with E-state index < -0.39 is 12.5 Å². The molecule has 0 aromatic heterocycles. The fourth-order valence-electron chi connectivity index (χ4n) is 0.888. The number of hydrogen-bond acceptors (Lipinski definition) is 3. The Labute approximate surface area is 76.3 Å². The van der Waals surface area contributed by atoms with Gasteiger partial charge in [-0.05, 0) is 6.92 Å². The van der Waals surface area contributed by atoms with Crippen LogP contribution in [0.15, 0.2) is 0 Å². The molecule has 0 spiro atoms. The molecule has 0 aliphatic rings. The van der Waals surface area contributed by atoms with E-state index in [1.54, 1.807) is 6.92 Å². The van der Waals surface area contributed by atoms with E-state index in [1.807, 2.05) is 0 Å². The van der Waals surface area contributed by atoms with Crippen LogP contribution in [0.25, 0.3) is 0 Å². The van der Waals surface area contributed by atoms with Gasteiger partial charge in [0.2, 0.25) is 5.91 Å². The maximum Gasteiger partial charge on any atom is 0.323 e. The summed E-state index contributed by atoms with van der Waals surface area (Å²) in [6, 6.07) is 0. The summed E-state index contributed by atoms with van der Waals surface area (Å²) in [4.78, 5) is 33.1. The number of carbonyl (C=O) groups is 3. The number of ketones is 1. The number of carboxylic acids is 1. The summed E-state index contributed by atoms with van der Waals surface area (Å²) in [5.41, 5.74) is 0. The molecule has 0 unspecified atom stereocenters. The minimum Gasteiger partial charge on any atom is -0.480 e. The fourth-order valence-corrected chi connectivity index (χ4v) is 0.888. The smallest absolute Gasteiger partial charge is 0.323 e. The van der Waals surface area contributed by atoms with Gasteiger partial charge in [0.25, 0.3) is 0 Å². The largest absolute Gasteiger partial charge is 0.480 e. The van der Waals surface area contributed by atoms with Crippen LogP contribution in [-0.2, 0) is 14.4 Å². The molecular weight excluding hydrogens is 174 g/mol. The van der Waals surface area contributed by atoms with Crippen molar-refractivity contribution in [1.82, 2.24) is 4.90 Å². The molecule has 1 N–H and O–H groups in total. The van der Waals surface area contributed by atoms with Gasteiger partial charge in [0.15, 0.2) is 0 Å². The first-order valence-electron chi connectivity index (χ1n) is 3.96. The molecule has 5 nitrogen and oxygen atoms in total. The van der Waals surface area contributed by atoms with Crippen LogP contribution in [-0.4, -0.2) is 40.8 Å². The fraction of sp³-hybridized carbons (Fsp3) is 0.625. The highest BCUT2D eigenvalue weighted by Crippen LogP contribution is 1.94. The average Bonchev–Trinajstić information content (AvgIpc) is 2.00. The normalized spacial score (nSPS) is 9.38. The van der Waals surface area contributed by atoms with Gasteiger partial charge in [0, 0.05) is 6.42 Å². The van der Waals surface area contributed by atoms with Gasteiger partial charge in [-0.25, -0.2) is 0 Å². The number of rotatable bonds is 5. The zero-order valence-electron chi connectivity index (χ0n) is 7.74. The van der Waals surface area contributed by atoms with Crippen LogP contribution in [0.3, 0.4) is 0 Å². The van der Waals surface area contributed by atoms with Gasteiger partial charge in [-0.1, -0.05) is 6.92 Å². The Morgan fingerprint density at radius 2 is 1.77 bits per heavy atom. The molecule has 1 amide bonds. The molecule has 0 aromatic rings. The second-order valence-corrected chi connectivity index (χ2v) is 2.70. The van der Waals surface area contributed by atoms with Gasteiger partial charge in [0.1, 0.15) is 12.3 Å². The molecule has 0 saturated heterocycles. The van der Waals surface area contributed by atoms with Gasteiger partial charge in [-0.3, -0.25) is 14.4 Å². The van der Waals surface area contributed by atoms with Crippen molar-refractivity contribution in [2.75, 3.05) is 13.1 Å². The SMILES string of the molecule is CCC(=O)N(CC(C)=O)CC(=O)O. The molecular formula is C8H13NO4. The summed E-state index contributed by atoms with van der Waals surface area (Å²) in [6.07, 6.45) is 0.209. The number of Topliss-reactive ketones (excluding diaryl/α,β-unsaturated/α-hetero) is 1. The van der Waals surface area contributed by atoms with Crippen molar-refractivity contribution in [3.8, 4) is 0 Å². The summed E-state index contributed by atoms with van der Waals surface area (Å²) in [6.45, 7) is 2.40. The van der Waals surface area contributed by atoms with Gasteiger partial charge in [0.05, 0.1) is 6.54 Å². The zero-order chi connectivity index (χ0) is 10.4. The Kier molecular flexibility index (Phi) is 4.72. The van der Waals surface area contributed by atoms with Gasteiger partial charge in [-0.2, -0.15) is 0 Å². The molecule has 0 saturated carbocycles. The minimum atomic E-state index is -1.11. The molecule has 0 radical (unpaired) electrons. The molecule has 0 aromatic carbocycles. The number of carboxylic acid groups (broad SMARTS) is 1. The van der Waals surface area contributed by atoms with E-state index in [1.165, 1.54) is 6.92 Å². The van der Waals surface area contributed by atoms with Crippen molar-refractivity contribution in [3.63, 3.8) is 0 Å². The number of aliphatic carboxylic acids is 1. The Morgan fingerprint density at radius 3 is 2.08 bits per heavy atom. The van der Waals surface area contributed by atoms with Gasteiger partial charge in [-0.15, -0.1) is 0 Å². The predicted molar refractivity (Wildman–Crippen MR) is 45.2 cm³/mol. The molecule has 0 aliphatic heterocycles. The number of hydrogen-bond donors (Lipinski definition) is 1. The predicted octanol–water partition coefficient (Wildman–Crippen LogP) is -0.101. The highest BCUT2D eigenvalue weighted by atomic mass is 16.4. The maximum absolute atomic E-state index is 11.1. The van der Waals surface area contributed by atoms with Crippen molar-refractivity contribution >= 4 is 17.7 Å². The maximum atomic E-state index is 11.1. The van der Waals surface area contributed by atoms with Crippen LogP contribution in [0.5, 0.6) is 0 Å². The van der Waals surface area contributed by atoms with Crippen molar-refractivity contribution in [2.45, 2.75) is 20.3 Å². The second kappa shape index (κ2) is 5.29. The van der Waals surface area contributed by atoms with E-state index in [2.05, 4.69) is 0 Å². The van der Waals surface area contributed by atoms with Crippen molar-refractivity contribution in [3.05, 3.63) is 0 Å². The highest BCUT2D eigenvalue weighted by molar-refractivity contribution is 5.87. The molecule has 0 atom stereocenters. The van der Waals surface area contributed by atoms with E-state index in [9.17, 15) is 14.4 Å². The number of amides is 1. The number of nitrogens with zero attached hydrogens (tertiary/aromatic N) is 1. The Morgan fingerprint density at radius 1 is 1.23 bits per heavy atom. The summed E-state index contributed by atoms with van der Waals surface area (Å²) in [7, 11) is 0. The van der Waals surface area contributed by atoms with Crippen molar-refractivity contribution < 1.29 is 19.5 Å². The molecule has 0 fully saturated rings. The minimum absolute atomic E-state index is 0.126. The monoisotopic (exact) mass is 187 g/mol. The van der Waals surface area contributed by atoms with Crippen molar-refractivity contribution in [2.24, 2.45) is 0 Å². The summed E-state index contributed by atoms with van der Waals surface area (Å²) in [5.74, 6) is -1.65. The van der Waals surface area contributed by atoms with Crippen LogP contribution in [0.2, 0.25) is 0 Å². The molecule has 0 rings (SSSR count). The number of carbonyl (C=O) groups excluding carboxylic acids is 2. The summed E-state index contributed by atoms with van der Waals surface area (Å²) < 4.78 is 0. The van der Waals surface area contributed by atoms with E-state index in [4.69, 9.17) is 5.11 Å². The molecule has 5 heteroatoms. The highest BCUT2D eigenvalue weighted by Gasteiger charge is 2.15. The second-order valence-electron chi connectivity index (χ2n) is 2.70. The van der Waals surface area contributed by atoms with Gasteiger partial charge < -0.3 is 10.0 Å². The first kappa shape index (κ1) is 11.6. The quantitative estimate of drug-likeness (QED) is 0.652. The lowest BCUT2D eigenvalue weighted by atomic mass is 10.3. The summed E-state index contributed by atoms with van der Waals surface area (Å²) in [5, 5.41) is 8.44. The Balaban J connectivity index is 4.26. The third kappa shape index (κ3) is 4.95. The zero-order valence-corrected chi connectivity index (χ0v) is 7.74. The third-order valence-electron chi connectivity index (χ3n) is 1.39. The third-order valence-corrected chi connectivity index (χ3v) is 1.39. The average molecular weight is 187 g/mol. The van der Waals surface area contributed by atoms with Crippen LogP contribution in [0.4, 0.5) is 0 Å². The molecule has 0 aliphatic carbocycles. The van der Waals surface area contributed by atoms with E-state index in [0.29, 0.717) is 0 Å². The van der Waals surface area contributed by atoms with Crippen molar-refractivity contribution in [1.29, 1.82) is 0 Å². The molecule has 0 bridgehead atoms. The lowest BCUT2D eigenvalue weighted by molar-refractivity contribution is -0.145. The van der Waals surface area contributed by atoms with Crippen LogP contribution in [0.1, 0.15) is 20.3 Å². The standard InChI is InChI=1S/C8H13NO4/c1-3-7(11)9(4-6(2)10)5-8(12)13/h3-5H2,1-2H3,(H,12,13). The topological polar surface area (TPSA) is 74.7 Å². The van der Waals surface area contributed by atoms with Crippen LogP contribution >= 0.6 is 0 Å². The first-order chi connectivity index (χ1) is 5.97. The molecule has 74 valence electrons. The molecule has 0 heterocycles. The van der Waals surface area contributed by atoms with Crippen LogP contribution in [0, 0.1) is 0 Å².